The van der Waals surface area contributed by atoms with Crippen molar-refractivity contribution in [2.45, 2.75) is 58.1 Å². The number of likely N-dealkylation sites (tertiary alicyclic amines) is 1. The number of carbonyl (C=O) groups is 2. The van der Waals surface area contributed by atoms with Crippen LogP contribution >= 0.6 is 0 Å². The molecule has 4 aromatic rings. The number of pyridine rings is 1. The standard InChI is InChI=1S/C38H43FN4O5/c1-38(2,3)48-37(45)43-21-20-31(39)30(23-43)29-16-17-32(34(22-29)41(4)26-44)42(5)33-18-19-35(46-24-27-12-8-6-9-13-27)40-36(33)47-25-28-14-10-7-11-15-28/h6-19,22,26,30-31H,20-21,23-25H2,1-5H3. The minimum Gasteiger partial charge on any atom is -0.473 e. The first-order valence-electron chi connectivity index (χ1n) is 16.0. The molecule has 0 N–H and O–H groups in total. The molecule has 2 unspecified atom stereocenters. The highest BCUT2D eigenvalue weighted by atomic mass is 19.1. The Bertz CT molecular complexity index is 1680. The third-order valence-corrected chi connectivity index (χ3v) is 8.13. The normalized spacial score (nSPS) is 16.2. The van der Waals surface area contributed by atoms with Crippen LogP contribution in [0.25, 0.3) is 0 Å². The van der Waals surface area contributed by atoms with Gasteiger partial charge in [-0.05, 0) is 62.1 Å². The summed E-state index contributed by atoms with van der Waals surface area (Å²) in [7, 11) is 3.51. The maximum Gasteiger partial charge on any atom is 0.410 e. The van der Waals surface area contributed by atoms with E-state index in [1.54, 1.807) is 38.8 Å². The Labute approximate surface area is 281 Å². The molecule has 1 fully saturated rings. The fourth-order valence-corrected chi connectivity index (χ4v) is 5.57. The first-order valence-corrected chi connectivity index (χ1v) is 16.0. The van der Waals surface area contributed by atoms with Crippen LogP contribution in [0.4, 0.5) is 26.2 Å². The van der Waals surface area contributed by atoms with E-state index in [4.69, 9.17) is 19.2 Å². The molecule has 1 aliphatic rings. The number of ether oxygens (including phenoxy) is 3. The molecule has 10 heteroatoms. The lowest BCUT2D eigenvalue weighted by Gasteiger charge is -2.36. The number of carbonyl (C=O) groups excluding carboxylic acids is 2. The summed E-state index contributed by atoms with van der Waals surface area (Å²) in [5.74, 6) is 0.164. The van der Waals surface area contributed by atoms with Crippen molar-refractivity contribution in [2.75, 3.05) is 37.0 Å². The smallest absolute Gasteiger partial charge is 0.410 e. The molecule has 2 amide bonds. The number of piperidine rings is 1. The minimum absolute atomic E-state index is 0.168. The summed E-state index contributed by atoms with van der Waals surface area (Å²) in [5, 5.41) is 0. The van der Waals surface area contributed by atoms with Gasteiger partial charge in [-0.2, -0.15) is 4.98 Å². The van der Waals surface area contributed by atoms with Crippen LogP contribution in [0.5, 0.6) is 11.8 Å². The molecular weight excluding hydrogens is 611 g/mol. The highest BCUT2D eigenvalue weighted by Gasteiger charge is 2.35. The molecule has 0 radical (unpaired) electrons. The van der Waals surface area contributed by atoms with Crippen molar-refractivity contribution in [3.8, 4) is 11.8 Å². The third kappa shape index (κ3) is 8.61. The van der Waals surface area contributed by atoms with Gasteiger partial charge in [0.05, 0.1) is 11.4 Å². The summed E-state index contributed by atoms with van der Waals surface area (Å²) in [5.41, 5.74) is 3.89. The SMILES string of the molecule is CN(C=O)c1cc(C2CN(C(=O)OC(C)(C)C)CCC2F)ccc1N(C)c1ccc(OCc2ccccc2)nc1OCc1ccccc1. The van der Waals surface area contributed by atoms with E-state index in [-0.39, 0.29) is 26.1 Å². The number of benzene rings is 3. The molecule has 0 saturated carbocycles. The number of hydrogen-bond acceptors (Lipinski definition) is 7. The predicted octanol–water partition coefficient (Wildman–Crippen LogP) is 7.66. The van der Waals surface area contributed by atoms with Crippen molar-refractivity contribution in [3.63, 3.8) is 0 Å². The highest BCUT2D eigenvalue weighted by molar-refractivity contribution is 5.87. The van der Waals surface area contributed by atoms with Gasteiger partial charge in [-0.15, -0.1) is 0 Å². The number of hydrogen-bond donors (Lipinski definition) is 0. The Morgan fingerprint density at radius 3 is 2.15 bits per heavy atom. The molecule has 1 aromatic heterocycles. The molecule has 252 valence electrons. The lowest BCUT2D eigenvalue weighted by molar-refractivity contribution is -0.107. The fraction of sp³-hybridized carbons (Fsp3) is 0.342. The van der Waals surface area contributed by atoms with Crippen LogP contribution in [-0.2, 0) is 22.7 Å². The van der Waals surface area contributed by atoms with Crippen molar-refractivity contribution >= 4 is 29.6 Å². The molecule has 5 rings (SSSR count). The molecule has 2 heterocycles. The van der Waals surface area contributed by atoms with E-state index in [2.05, 4.69) is 0 Å². The maximum absolute atomic E-state index is 15.4. The van der Waals surface area contributed by atoms with Gasteiger partial charge in [-0.3, -0.25) is 4.79 Å². The average Bonchev–Trinajstić information content (AvgIpc) is 3.09. The van der Waals surface area contributed by atoms with Gasteiger partial charge < -0.3 is 28.9 Å². The molecule has 9 nitrogen and oxygen atoms in total. The third-order valence-electron chi connectivity index (χ3n) is 8.13. The Balaban J connectivity index is 1.45. The quantitative estimate of drug-likeness (QED) is 0.154. The van der Waals surface area contributed by atoms with Crippen LogP contribution in [0, 0.1) is 0 Å². The minimum atomic E-state index is -1.16. The van der Waals surface area contributed by atoms with Crippen LogP contribution < -0.4 is 19.3 Å². The van der Waals surface area contributed by atoms with Gasteiger partial charge >= 0.3 is 6.09 Å². The van der Waals surface area contributed by atoms with Crippen LogP contribution in [0.3, 0.4) is 0 Å². The van der Waals surface area contributed by atoms with Crippen LogP contribution in [0.2, 0.25) is 0 Å². The first kappa shape index (κ1) is 34.2. The predicted molar refractivity (Wildman–Crippen MR) is 185 cm³/mol. The fourth-order valence-electron chi connectivity index (χ4n) is 5.57. The Morgan fingerprint density at radius 1 is 0.896 bits per heavy atom. The van der Waals surface area contributed by atoms with E-state index >= 15 is 4.39 Å². The molecule has 0 spiro atoms. The molecule has 0 aliphatic carbocycles. The maximum atomic E-state index is 15.4. The second kappa shape index (κ2) is 15.2. The Kier molecular flexibility index (Phi) is 10.8. The summed E-state index contributed by atoms with van der Waals surface area (Å²) in [6.45, 7) is 6.49. The van der Waals surface area contributed by atoms with E-state index in [0.29, 0.717) is 47.4 Å². The molecule has 48 heavy (non-hydrogen) atoms. The molecule has 1 aliphatic heterocycles. The van der Waals surface area contributed by atoms with Crippen LogP contribution in [-0.4, -0.2) is 61.3 Å². The summed E-state index contributed by atoms with van der Waals surface area (Å²) in [6, 6.07) is 28.8. The number of nitrogens with zero attached hydrogens (tertiary/aromatic N) is 4. The monoisotopic (exact) mass is 654 g/mol. The van der Waals surface area contributed by atoms with Gasteiger partial charge in [0.1, 0.15) is 30.7 Å². The van der Waals surface area contributed by atoms with E-state index < -0.39 is 23.8 Å². The molecule has 2 atom stereocenters. The largest absolute Gasteiger partial charge is 0.473 e. The van der Waals surface area contributed by atoms with Crippen molar-refractivity contribution in [2.24, 2.45) is 0 Å². The molecule has 0 bridgehead atoms. The summed E-state index contributed by atoms with van der Waals surface area (Å²) < 4.78 is 33.3. The second-order valence-electron chi connectivity index (χ2n) is 12.9. The summed E-state index contributed by atoms with van der Waals surface area (Å²) >= 11 is 0. The number of alkyl halides is 1. The topological polar surface area (TPSA) is 84.4 Å². The summed E-state index contributed by atoms with van der Waals surface area (Å²) in [4.78, 5) is 34.6. The second-order valence-corrected chi connectivity index (χ2v) is 12.9. The number of amides is 2. The first-order chi connectivity index (χ1) is 23.0. The van der Waals surface area contributed by atoms with E-state index in [0.717, 1.165) is 11.1 Å². The number of rotatable bonds is 11. The number of aromatic nitrogens is 1. The van der Waals surface area contributed by atoms with Crippen molar-refractivity contribution in [3.05, 3.63) is 108 Å². The zero-order valence-electron chi connectivity index (χ0n) is 28.1. The van der Waals surface area contributed by atoms with Gasteiger partial charge in [0.15, 0.2) is 0 Å². The van der Waals surface area contributed by atoms with E-state index in [1.165, 1.54) is 4.90 Å². The Morgan fingerprint density at radius 2 is 1.52 bits per heavy atom. The average molecular weight is 655 g/mol. The van der Waals surface area contributed by atoms with Gasteiger partial charge in [-0.1, -0.05) is 66.7 Å². The van der Waals surface area contributed by atoms with Gasteiger partial charge in [0.25, 0.3) is 0 Å². The van der Waals surface area contributed by atoms with E-state index in [9.17, 15) is 9.59 Å². The number of anilines is 3. The van der Waals surface area contributed by atoms with Crippen molar-refractivity contribution in [1.29, 1.82) is 0 Å². The van der Waals surface area contributed by atoms with Crippen LogP contribution in [0.15, 0.2) is 91.0 Å². The lowest BCUT2D eigenvalue weighted by atomic mass is 9.88. The van der Waals surface area contributed by atoms with Gasteiger partial charge in [-0.25, -0.2) is 9.18 Å². The van der Waals surface area contributed by atoms with Crippen molar-refractivity contribution < 1.29 is 28.2 Å². The van der Waals surface area contributed by atoms with Crippen molar-refractivity contribution in [1.82, 2.24) is 9.88 Å². The van der Waals surface area contributed by atoms with Gasteiger partial charge in [0.2, 0.25) is 18.2 Å². The molecule has 3 aromatic carbocycles. The van der Waals surface area contributed by atoms with Gasteiger partial charge in [0, 0.05) is 39.2 Å². The number of halogens is 1. The van der Waals surface area contributed by atoms with E-state index in [1.807, 2.05) is 96.9 Å². The zero-order valence-corrected chi connectivity index (χ0v) is 28.1. The molecule has 1 saturated heterocycles. The summed E-state index contributed by atoms with van der Waals surface area (Å²) in [6.07, 6.45) is -0.723. The van der Waals surface area contributed by atoms with Crippen LogP contribution in [0.1, 0.15) is 49.8 Å². The molecular formula is C38H43FN4O5. The highest BCUT2D eigenvalue weighted by Crippen LogP contribution is 2.41. The zero-order chi connectivity index (χ0) is 34.3. The Hall–Kier alpha value is -5.12. The lowest BCUT2D eigenvalue weighted by Crippen LogP contribution is -2.45.